The molecule has 19 heavy (non-hydrogen) atoms. The number of amides is 1. The molecule has 5 heteroatoms. The summed E-state index contributed by atoms with van der Waals surface area (Å²) in [6.07, 6.45) is 0. The molecule has 0 spiro atoms. The number of benzene rings is 1. The van der Waals surface area contributed by atoms with E-state index in [0.29, 0.717) is 6.54 Å². The molecule has 1 aliphatic rings. The average Bonchev–Trinajstić information content (AvgIpc) is 2.82. The number of hydrogen-bond acceptors (Lipinski definition) is 4. The second-order valence-corrected chi connectivity index (χ2v) is 4.95. The molecule has 5 nitrogen and oxygen atoms in total. The third-order valence-corrected chi connectivity index (χ3v) is 2.87. The van der Waals surface area contributed by atoms with Crippen LogP contribution in [0.25, 0.3) is 0 Å². The highest BCUT2D eigenvalue weighted by molar-refractivity contribution is 5.81. The van der Waals surface area contributed by atoms with Crippen LogP contribution in [0.1, 0.15) is 26.3 Å². The van der Waals surface area contributed by atoms with E-state index in [9.17, 15) is 4.79 Å². The van der Waals surface area contributed by atoms with Crippen LogP contribution in [0.15, 0.2) is 18.2 Å². The van der Waals surface area contributed by atoms with Gasteiger partial charge in [-0.25, -0.2) is 0 Å². The molecule has 0 radical (unpaired) electrons. The second-order valence-electron chi connectivity index (χ2n) is 4.95. The Labute approximate surface area is 113 Å². The van der Waals surface area contributed by atoms with Crippen LogP contribution in [0.4, 0.5) is 0 Å². The fourth-order valence-electron chi connectivity index (χ4n) is 1.82. The Bertz CT molecular complexity index is 460. The van der Waals surface area contributed by atoms with Gasteiger partial charge in [0.2, 0.25) is 12.7 Å². The minimum atomic E-state index is -0.229. The van der Waals surface area contributed by atoms with E-state index in [0.717, 1.165) is 17.1 Å². The highest BCUT2D eigenvalue weighted by Gasteiger charge is 2.15. The van der Waals surface area contributed by atoms with E-state index in [1.807, 2.05) is 39.0 Å². The molecule has 0 saturated carbocycles. The molecule has 1 aromatic carbocycles. The van der Waals surface area contributed by atoms with Crippen LogP contribution in [-0.2, 0) is 11.3 Å². The molecule has 2 N–H and O–H groups in total. The van der Waals surface area contributed by atoms with Crippen molar-refractivity contribution in [2.45, 2.75) is 39.4 Å². The van der Waals surface area contributed by atoms with Gasteiger partial charge in [-0.15, -0.1) is 0 Å². The Morgan fingerprint density at radius 2 is 2.00 bits per heavy atom. The van der Waals surface area contributed by atoms with Crippen molar-refractivity contribution in [1.29, 1.82) is 0 Å². The van der Waals surface area contributed by atoms with Crippen molar-refractivity contribution in [1.82, 2.24) is 10.6 Å². The van der Waals surface area contributed by atoms with Gasteiger partial charge in [0.05, 0.1) is 6.04 Å². The van der Waals surface area contributed by atoms with E-state index < -0.39 is 0 Å². The van der Waals surface area contributed by atoms with Crippen molar-refractivity contribution in [2.75, 3.05) is 6.79 Å². The molecule has 0 aliphatic carbocycles. The zero-order chi connectivity index (χ0) is 13.8. The van der Waals surface area contributed by atoms with E-state index in [-0.39, 0.29) is 24.8 Å². The lowest BCUT2D eigenvalue weighted by molar-refractivity contribution is -0.123. The lowest BCUT2D eigenvalue weighted by Gasteiger charge is -2.16. The molecule has 0 aromatic heterocycles. The Balaban J connectivity index is 1.86. The fourth-order valence-corrected chi connectivity index (χ4v) is 1.82. The maximum Gasteiger partial charge on any atom is 0.237 e. The summed E-state index contributed by atoms with van der Waals surface area (Å²) in [4.78, 5) is 11.7. The predicted octanol–water partition coefficient (Wildman–Crippen LogP) is 1.42. The molecule has 0 saturated heterocycles. The topological polar surface area (TPSA) is 59.6 Å². The fraction of sp³-hybridized carbons (Fsp3) is 0.500. The van der Waals surface area contributed by atoms with Crippen molar-refractivity contribution in [3.05, 3.63) is 23.8 Å². The van der Waals surface area contributed by atoms with Crippen LogP contribution in [0.5, 0.6) is 11.5 Å². The average molecular weight is 264 g/mol. The zero-order valence-electron chi connectivity index (χ0n) is 11.5. The van der Waals surface area contributed by atoms with E-state index in [1.165, 1.54) is 0 Å². The first-order valence-corrected chi connectivity index (χ1v) is 6.48. The molecular weight excluding hydrogens is 244 g/mol. The molecular formula is C14H20N2O3. The molecule has 0 fully saturated rings. The third kappa shape index (κ3) is 3.61. The first-order chi connectivity index (χ1) is 9.06. The lowest BCUT2D eigenvalue weighted by atomic mass is 10.2. The maximum atomic E-state index is 11.7. The Hall–Kier alpha value is -1.75. The standard InChI is InChI=1S/C14H20N2O3/c1-9(2)16-14(17)10(3)15-7-11-4-5-12-13(6-11)19-8-18-12/h4-6,9-10,15H,7-8H2,1-3H3,(H,16,17). The molecule has 1 unspecified atom stereocenters. The highest BCUT2D eigenvalue weighted by atomic mass is 16.7. The van der Waals surface area contributed by atoms with Gasteiger partial charge in [-0.2, -0.15) is 0 Å². The third-order valence-electron chi connectivity index (χ3n) is 2.87. The van der Waals surface area contributed by atoms with Crippen molar-refractivity contribution >= 4 is 5.91 Å². The van der Waals surface area contributed by atoms with Gasteiger partial charge in [-0.05, 0) is 38.5 Å². The molecule has 2 rings (SSSR count). The van der Waals surface area contributed by atoms with Crippen LogP contribution < -0.4 is 20.1 Å². The normalized spacial score (nSPS) is 14.5. The predicted molar refractivity (Wildman–Crippen MR) is 72.1 cm³/mol. The SMILES string of the molecule is CC(C)NC(=O)C(C)NCc1ccc2c(c1)OCO2. The zero-order valence-corrected chi connectivity index (χ0v) is 11.5. The van der Waals surface area contributed by atoms with Crippen LogP contribution in [0.2, 0.25) is 0 Å². The first kappa shape index (κ1) is 13.7. The molecule has 104 valence electrons. The Morgan fingerprint density at radius 3 is 2.74 bits per heavy atom. The van der Waals surface area contributed by atoms with Gasteiger partial charge in [0, 0.05) is 12.6 Å². The molecule has 0 bridgehead atoms. The van der Waals surface area contributed by atoms with Crippen LogP contribution >= 0.6 is 0 Å². The minimum Gasteiger partial charge on any atom is -0.454 e. The minimum absolute atomic E-state index is 0.00995. The summed E-state index contributed by atoms with van der Waals surface area (Å²) >= 11 is 0. The van der Waals surface area contributed by atoms with Gasteiger partial charge in [-0.1, -0.05) is 6.07 Å². The Morgan fingerprint density at radius 1 is 1.26 bits per heavy atom. The summed E-state index contributed by atoms with van der Waals surface area (Å²) < 4.78 is 10.6. The number of carbonyl (C=O) groups excluding carboxylic acids is 1. The van der Waals surface area contributed by atoms with E-state index in [2.05, 4.69) is 10.6 Å². The van der Waals surface area contributed by atoms with Gasteiger partial charge in [-0.3, -0.25) is 4.79 Å². The largest absolute Gasteiger partial charge is 0.454 e. The highest BCUT2D eigenvalue weighted by Crippen LogP contribution is 2.32. The summed E-state index contributed by atoms with van der Waals surface area (Å²) in [5.74, 6) is 1.55. The van der Waals surface area contributed by atoms with Crippen LogP contribution in [0, 0.1) is 0 Å². The summed E-state index contributed by atoms with van der Waals surface area (Å²) in [7, 11) is 0. The van der Waals surface area contributed by atoms with Crippen molar-refractivity contribution in [3.63, 3.8) is 0 Å². The molecule has 1 aromatic rings. The van der Waals surface area contributed by atoms with Gasteiger partial charge >= 0.3 is 0 Å². The van der Waals surface area contributed by atoms with Gasteiger partial charge < -0.3 is 20.1 Å². The van der Waals surface area contributed by atoms with Crippen molar-refractivity contribution < 1.29 is 14.3 Å². The number of ether oxygens (including phenoxy) is 2. The molecule has 1 amide bonds. The molecule has 1 heterocycles. The van der Waals surface area contributed by atoms with Crippen molar-refractivity contribution in [2.24, 2.45) is 0 Å². The summed E-state index contributed by atoms with van der Waals surface area (Å²) in [5.41, 5.74) is 1.06. The van der Waals surface area contributed by atoms with Crippen molar-refractivity contribution in [3.8, 4) is 11.5 Å². The summed E-state index contributed by atoms with van der Waals surface area (Å²) in [6.45, 7) is 6.64. The number of carbonyl (C=O) groups is 1. The van der Waals surface area contributed by atoms with Crippen LogP contribution in [-0.4, -0.2) is 24.8 Å². The van der Waals surface area contributed by atoms with E-state index in [1.54, 1.807) is 0 Å². The number of nitrogens with one attached hydrogen (secondary N) is 2. The summed E-state index contributed by atoms with van der Waals surface area (Å²) in [6, 6.07) is 5.71. The number of hydrogen-bond donors (Lipinski definition) is 2. The smallest absolute Gasteiger partial charge is 0.237 e. The molecule has 1 aliphatic heterocycles. The van der Waals surface area contributed by atoms with Crippen LogP contribution in [0.3, 0.4) is 0 Å². The maximum absolute atomic E-state index is 11.7. The second kappa shape index (κ2) is 5.93. The van der Waals surface area contributed by atoms with E-state index >= 15 is 0 Å². The monoisotopic (exact) mass is 264 g/mol. The van der Waals surface area contributed by atoms with E-state index in [4.69, 9.17) is 9.47 Å². The summed E-state index contributed by atoms with van der Waals surface area (Å²) in [5, 5.41) is 6.06. The lowest BCUT2D eigenvalue weighted by Crippen LogP contribution is -2.44. The number of rotatable bonds is 5. The van der Waals surface area contributed by atoms with Gasteiger partial charge in [0.25, 0.3) is 0 Å². The number of fused-ring (bicyclic) bond motifs is 1. The first-order valence-electron chi connectivity index (χ1n) is 6.48. The molecule has 1 atom stereocenters. The van der Waals surface area contributed by atoms with Gasteiger partial charge in [0.15, 0.2) is 11.5 Å². The Kier molecular flexibility index (Phi) is 4.27. The van der Waals surface area contributed by atoms with Gasteiger partial charge in [0.1, 0.15) is 0 Å². The quantitative estimate of drug-likeness (QED) is 0.844.